The summed E-state index contributed by atoms with van der Waals surface area (Å²) in [5.41, 5.74) is 7.40. The molecule has 30 heavy (non-hydrogen) atoms. The van der Waals surface area contributed by atoms with Gasteiger partial charge in [-0.05, 0) is 24.6 Å². The average molecular weight is 423 g/mol. The van der Waals surface area contributed by atoms with Gasteiger partial charge in [0.05, 0.1) is 17.1 Å². The van der Waals surface area contributed by atoms with Crippen molar-refractivity contribution in [3.05, 3.63) is 93.1 Å². The summed E-state index contributed by atoms with van der Waals surface area (Å²) < 4.78 is 7.31. The molecule has 8 nitrogen and oxygen atoms in total. The molecule has 1 aliphatic rings. The number of primary amides is 1. The molecular weight excluding hydrogens is 402 g/mol. The molecule has 0 fully saturated rings. The minimum absolute atomic E-state index is 0.233. The van der Waals surface area contributed by atoms with Crippen LogP contribution in [0.1, 0.15) is 23.7 Å². The van der Waals surface area contributed by atoms with Gasteiger partial charge < -0.3 is 15.4 Å². The van der Waals surface area contributed by atoms with Gasteiger partial charge in [-0.1, -0.05) is 42.1 Å². The Morgan fingerprint density at radius 3 is 2.73 bits per heavy atom. The number of nitrogens with zero attached hydrogens (tertiary/aromatic N) is 3. The lowest BCUT2D eigenvalue weighted by Crippen LogP contribution is -2.32. The van der Waals surface area contributed by atoms with Crippen molar-refractivity contribution in [3.8, 4) is 5.75 Å². The molecule has 1 atom stereocenters. The van der Waals surface area contributed by atoms with Crippen LogP contribution in [0.15, 0.2) is 76.3 Å². The van der Waals surface area contributed by atoms with Crippen molar-refractivity contribution in [1.82, 2.24) is 19.7 Å². The number of amides is 1. The second-order valence-electron chi connectivity index (χ2n) is 6.80. The Kier molecular flexibility index (Phi) is 5.62. The maximum Gasteiger partial charge on any atom is 0.257 e. The van der Waals surface area contributed by atoms with E-state index in [2.05, 4.69) is 10.2 Å². The first-order valence-electron chi connectivity index (χ1n) is 9.34. The molecule has 0 spiro atoms. The summed E-state index contributed by atoms with van der Waals surface area (Å²) in [7, 11) is 0. The molecule has 0 aliphatic carbocycles. The number of pyridine rings is 1. The van der Waals surface area contributed by atoms with E-state index >= 15 is 0 Å². The average Bonchev–Trinajstić information content (AvgIpc) is 3.36. The zero-order chi connectivity index (χ0) is 21.1. The Balaban J connectivity index is 1.57. The quantitative estimate of drug-likeness (QED) is 0.605. The number of allylic oxidation sites excluding steroid dienone is 1. The maximum absolute atomic E-state index is 12.9. The molecule has 0 saturated carbocycles. The molecule has 4 rings (SSSR count). The first kappa shape index (κ1) is 19.8. The van der Waals surface area contributed by atoms with Crippen LogP contribution in [0.25, 0.3) is 0 Å². The largest absolute Gasteiger partial charge is 0.489 e. The number of rotatable bonds is 7. The maximum atomic E-state index is 12.9. The second-order valence-corrected chi connectivity index (χ2v) is 7.86. The molecule has 3 N–H and O–H groups in total. The molecular formula is C21H21N5O3S. The fraction of sp³-hybridized carbons (Fsp3) is 0.190. The Bertz CT molecular complexity index is 1130. The highest BCUT2D eigenvalue weighted by atomic mass is 32.2. The van der Waals surface area contributed by atoms with Gasteiger partial charge in [-0.25, -0.2) is 0 Å². The van der Waals surface area contributed by atoms with Crippen molar-refractivity contribution in [2.24, 2.45) is 5.73 Å². The fourth-order valence-corrected chi connectivity index (χ4v) is 4.49. The molecule has 9 heteroatoms. The predicted octanol–water partition coefficient (Wildman–Crippen LogP) is 2.57. The molecule has 154 valence electrons. The standard InChI is InChI=1S/C21H21N5O3S/c1-14-19(20(22)28)30-21(26(14)12-16-7-9-23-24-16)25-10-8-17(11-18(25)27)29-13-15-5-3-2-4-6-15/h2-11,21H,12-13H2,1H3,(H2,22,28)(H,23,24). The first-order chi connectivity index (χ1) is 14.5. The topological polar surface area (TPSA) is 106 Å². The Hall–Kier alpha value is -3.46. The molecule has 3 aromatic rings. The number of benzene rings is 1. The van der Waals surface area contributed by atoms with Crippen molar-refractivity contribution in [1.29, 1.82) is 0 Å². The molecule has 0 bridgehead atoms. The van der Waals surface area contributed by atoms with Crippen LogP contribution in [-0.4, -0.2) is 25.6 Å². The van der Waals surface area contributed by atoms with Crippen molar-refractivity contribution in [3.63, 3.8) is 0 Å². The molecule has 1 aliphatic heterocycles. The van der Waals surface area contributed by atoms with Crippen LogP contribution in [-0.2, 0) is 17.9 Å². The van der Waals surface area contributed by atoms with Gasteiger partial charge in [-0.3, -0.25) is 19.3 Å². The number of nitrogens with two attached hydrogens (primary N) is 1. The minimum Gasteiger partial charge on any atom is -0.489 e. The number of H-pyrrole nitrogens is 1. The van der Waals surface area contributed by atoms with E-state index < -0.39 is 11.4 Å². The van der Waals surface area contributed by atoms with Crippen LogP contribution < -0.4 is 16.0 Å². The molecule has 1 aromatic carbocycles. The van der Waals surface area contributed by atoms with Crippen LogP contribution in [0.2, 0.25) is 0 Å². The normalized spacial score (nSPS) is 16.2. The third-order valence-electron chi connectivity index (χ3n) is 4.77. The van der Waals surface area contributed by atoms with Crippen molar-refractivity contribution >= 4 is 17.7 Å². The third kappa shape index (κ3) is 4.11. The van der Waals surface area contributed by atoms with Crippen molar-refractivity contribution in [2.45, 2.75) is 25.6 Å². The number of carbonyl (C=O) groups is 1. The van der Waals surface area contributed by atoms with E-state index in [4.69, 9.17) is 10.5 Å². The van der Waals surface area contributed by atoms with Crippen LogP contribution in [0, 0.1) is 0 Å². The second kappa shape index (κ2) is 8.50. The van der Waals surface area contributed by atoms with Gasteiger partial charge in [-0.15, -0.1) is 0 Å². The predicted molar refractivity (Wildman–Crippen MR) is 114 cm³/mol. The number of nitrogens with one attached hydrogen (secondary N) is 1. The summed E-state index contributed by atoms with van der Waals surface area (Å²) in [6.45, 7) is 2.63. The first-order valence-corrected chi connectivity index (χ1v) is 10.2. The summed E-state index contributed by atoms with van der Waals surface area (Å²) in [5, 5.41) is 6.96. The van der Waals surface area contributed by atoms with Crippen LogP contribution >= 0.6 is 11.8 Å². The van der Waals surface area contributed by atoms with E-state index in [1.165, 1.54) is 17.8 Å². The third-order valence-corrected chi connectivity index (χ3v) is 6.19. The van der Waals surface area contributed by atoms with Crippen molar-refractivity contribution in [2.75, 3.05) is 0 Å². The zero-order valence-electron chi connectivity index (χ0n) is 16.3. The molecule has 1 amide bonds. The molecule has 2 aromatic heterocycles. The summed E-state index contributed by atoms with van der Waals surface area (Å²) >= 11 is 1.26. The summed E-state index contributed by atoms with van der Waals surface area (Å²) in [4.78, 5) is 27.1. The van der Waals surface area contributed by atoms with Gasteiger partial charge in [0.1, 0.15) is 12.4 Å². The van der Waals surface area contributed by atoms with E-state index in [0.717, 1.165) is 17.0 Å². The Morgan fingerprint density at radius 1 is 1.27 bits per heavy atom. The SMILES string of the molecule is CC1=C(C(N)=O)SC(n2ccc(OCc3ccccc3)cc2=O)N1Cc1cc[nH]n1. The van der Waals surface area contributed by atoms with Gasteiger partial charge in [0, 0.05) is 24.2 Å². The number of hydrogen-bond acceptors (Lipinski definition) is 6. The van der Waals surface area contributed by atoms with E-state index in [1.807, 2.05) is 48.2 Å². The lowest BCUT2D eigenvalue weighted by atomic mass is 10.2. The number of aromatic amines is 1. The van der Waals surface area contributed by atoms with E-state index in [9.17, 15) is 9.59 Å². The Labute approximate surface area is 177 Å². The van der Waals surface area contributed by atoms with E-state index in [0.29, 0.717) is 23.8 Å². The number of hydrogen-bond donors (Lipinski definition) is 2. The van der Waals surface area contributed by atoms with E-state index in [-0.39, 0.29) is 5.56 Å². The monoisotopic (exact) mass is 423 g/mol. The molecule has 0 radical (unpaired) electrons. The lowest BCUT2D eigenvalue weighted by molar-refractivity contribution is -0.114. The van der Waals surface area contributed by atoms with Crippen LogP contribution in [0.4, 0.5) is 0 Å². The number of aromatic nitrogens is 3. The molecule has 0 saturated heterocycles. The van der Waals surface area contributed by atoms with Crippen LogP contribution in [0.3, 0.4) is 0 Å². The van der Waals surface area contributed by atoms with Crippen LogP contribution in [0.5, 0.6) is 5.75 Å². The van der Waals surface area contributed by atoms with Gasteiger partial charge in [0.15, 0.2) is 5.50 Å². The minimum atomic E-state index is -0.511. The smallest absolute Gasteiger partial charge is 0.257 e. The van der Waals surface area contributed by atoms with Gasteiger partial charge in [0.25, 0.3) is 11.5 Å². The lowest BCUT2D eigenvalue weighted by Gasteiger charge is -2.28. The fourth-order valence-electron chi connectivity index (χ4n) is 3.23. The number of carbonyl (C=O) groups excluding carboxylic acids is 1. The Morgan fingerprint density at radius 2 is 2.07 bits per heavy atom. The van der Waals surface area contributed by atoms with Crippen molar-refractivity contribution < 1.29 is 9.53 Å². The summed E-state index contributed by atoms with van der Waals surface area (Å²) in [5.74, 6) is -0.0235. The number of ether oxygens (including phenoxy) is 1. The van der Waals surface area contributed by atoms with Gasteiger partial charge in [-0.2, -0.15) is 5.10 Å². The molecule has 3 heterocycles. The zero-order valence-corrected chi connectivity index (χ0v) is 17.1. The highest BCUT2D eigenvalue weighted by Crippen LogP contribution is 2.44. The highest BCUT2D eigenvalue weighted by Gasteiger charge is 2.34. The summed E-state index contributed by atoms with van der Waals surface area (Å²) in [6.07, 6.45) is 3.40. The molecule has 1 unspecified atom stereocenters. The van der Waals surface area contributed by atoms with Gasteiger partial charge >= 0.3 is 0 Å². The van der Waals surface area contributed by atoms with Gasteiger partial charge in [0.2, 0.25) is 0 Å². The number of thioether (sulfide) groups is 1. The highest BCUT2D eigenvalue weighted by molar-refractivity contribution is 8.04. The van der Waals surface area contributed by atoms with E-state index in [1.54, 1.807) is 23.0 Å². The summed E-state index contributed by atoms with van der Waals surface area (Å²) in [6, 6.07) is 14.8.